The third-order valence-corrected chi connectivity index (χ3v) is 5.36. The topological polar surface area (TPSA) is 64.1 Å². The number of carboxylic acid groups (broad SMARTS) is 1. The lowest BCUT2D eigenvalue weighted by atomic mass is 10.1. The molecule has 0 atom stereocenters. The molecular weight excluding hydrogens is 330 g/mol. The quantitative estimate of drug-likeness (QED) is 0.870. The number of amides is 1. The summed E-state index contributed by atoms with van der Waals surface area (Å²) in [7, 11) is 0. The zero-order valence-electron chi connectivity index (χ0n) is 15.4. The monoisotopic (exact) mass is 359 g/mol. The van der Waals surface area contributed by atoms with E-state index >= 15 is 0 Å². The van der Waals surface area contributed by atoms with Crippen molar-refractivity contribution in [1.29, 1.82) is 0 Å². The van der Waals surface area contributed by atoms with Crippen LogP contribution in [0.2, 0.25) is 0 Å². The van der Waals surface area contributed by atoms with Gasteiger partial charge in [0.1, 0.15) is 0 Å². The molecule has 1 amide bonds. The second kappa shape index (κ2) is 9.14. The number of nitrogens with zero attached hydrogens (tertiary/aromatic N) is 3. The van der Waals surface area contributed by atoms with E-state index in [0.717, 1.165) is 64.2 Å². The highest BCUT2D eigenvalue weighted by Gasteiger charge is 2.22. The van der Waals surface area contributed by atoms with Gasteiger partial charge in [0.2, 0.25) is 5.91 Å². The molecule has 26 heavy (non-hydrogen) atoms. The molecule has 142 valence electrons. The number of carboxylic acids is 1. The number of likely N-dealkylation sites (tertiary alicyclic amines) is 1. The summed E-state index contributed by atoms with van der Waals surface area (Å²) in [6.07, 6.45) is 4.75. The first-order valence-corrected chi connectivity index (χ1v) is 9.66. The summed E-state index contributed by atoms with van der Waals surface area (Å²) in [6, 6.07) is 7.15. The summed E-state index contributed by atoms with van der Waals surface area (Å²) in [5, 5.41) is 9.10. The van der Waals surface area contributed by atoms with E-state index in [0.29, 0.717) is 12.1 Å². The van der Waals surface area contributed by atoms with Crippen LogP contribution in [0.4, 0.5) is 0 Å². The molecule has 2 heterocycles. The minimum atomic E-state index is -0.885. The molecule has 2 fully saturated rings. The predicted octanol–water partition coefficient (Wildman–Crippen LogP) is 1.90. The second-order valence-corrected chi connectivity index (χ2v) is 7.35. The molecule has 0 unspecified atom stereocenters. The van der Waals surface area contributed by atoms with Crippen molar-refractivity contribution < 1.29 is 14.7 Å². The second-order valence-electron chi connectivity index (χ2n) is 7.35. The normalized spacial score (nSPS) is 19.9. The zero-order chi connectivity index (χ0) is 18.4. The van der Waals surface area contributed by atoms with Crippen LogP contribution >= 0.6 is 0 Å². The molecule has 2 aliphatic heterocycles. The molecule has 0 bridgehead atoms. The van der Waals surface area contributed by atoms with Crippen molar-refractivity contribution in [3.05, 3.63) is 35.4 Å². The lowest BCUT2D eigenvalue weighted by molar-refractivity contribution is -0.132. The van der Waals surface area contributed by atoms with Crippen LogP contribution in [0.3, 0.4) is 0 Å². The fraction of sp³-hybridized carbons (Fsp3) is 0.600. The molecule has 3 rings (SSSR count). The number of rotatable bonds is 5. The number of aromatic carboxylic acids is 1. The predicted molar refractivity (Wildman–Crippen MR) is 100 cm³/mol. The van der Waals surface area contributed by atoms with Crippen molar-refractivity contribution in [3.8, 4) is 0 Å². The van der Waals surface area contributed by atoms with Gasteiger partial charge in [0.15, 0.2) is 0 Å². The van der Waals surface area contributed by atoms with Crippen LogP contribution in [0.5, 0.6) is 0 Å². The minimum Gasteiger partial charge on any atom is -0.478 e. The number of hydrogen-bond donors (Lipinski definition) is 1. The van der Waals surface area contributed by atoms with Crippen LogP contribution in [0.25, 0.3) is 0 Å². The van der Waals surface area contributed by atoms with Gasteiger partial charge in [0.25, 0.3) is 0 Å². The van der Waals surface area contributed by atoms with E-state index in [1.54, 1.807) is 18.2 Å². The molecule has 2 saturated heterocycles. The Bertz CT molecular complexity index is 618. The number of carbonyl (C=O) groups excluding carboxylic acids is 1. The number of piperazine rings is 1. The average Bonchev–Trinajstić information content (AvgIpc) is 2.93. The summed E-state index contributed by atoms with van der Waals surface area (Å²) in [5.41, 5.74) is 1.36. The van der Waals surface area contributed by atoms with Gasteiger partial charge < -0.3 is 10.0 Å². The molecule has 0 spiro atoms. The summed E-state index contributed by atoms with van der Waals surface area (Å²) in [4.78, 5) is 30.2. The van der Waals surface area contributed by atoms with Crippen LogP contribution in [0, 0.1) is 0 Å². The molecule has 1 aromatic rings. The van der Waals surface area contributed by atoms with Crippen molar-refractivity contribution in [2.45, 2.75) is 32.2 Å². The van der Waals surface area contributed by atoms with Gasteiger partial charge in [-0.05, 0) is 30.5 Å². The van der Waals surface area contributed by atoms with Gasteiger partial charge in [-0.15, -0.1) is 0 Å². The van der Waals surface area contributed by atoms with Gasteiger partial charge in [-0.25, -0.2) is 4.79 Å². The highest BCUT2D eigenvalue weighted by Crippen LogP contribution is 2.13. The van der Waals surface area contributed by atoms with Crippen molar-refractivity contribution in [1.82, 2.24) is 14.7 Å². The van der Waals surface area contributed by atoms with Crippen LogP contribution in [0.1, 0.15) is 41.6 Å². The van der Waals surface area contributed by atoms with Crippen molar-refractivity contribution in [3.63, 3.8) is 0 Å². The third kappa shape index (κ3) is 5.29. The maximum absolute atomic E-state index is 12.5. The van der Waals surface area contributed by atoms with Crippen LogP contribution in [-0.4, -0.2) is 77.5 Å². The van der Waals surface area contributed by atoms with E-state index in [9.17, 15) is 9.59 Å². The first kappa shape index (κ1) is 18.9. The van der Waals surface area contributed by atoms with Crippen LogP contribution in [0.15, 0.2) is 24.3 Å². The Morgan fingerprint density at radius 1 is 0.885 bits per heavy atom. The molecular formula is C20H29N3O3. The summed E-state index contributed by atoms with van der Waals surface area (Å²) in [6.45, 7) is 6.71. The minimum absolute atomic E-state index is 0.273. The Labute approximate surface area is 155 Å². The highest BCUT2D eigenvalue weighted by molar-refractivity contribution is 5.87. The summed E-state index contributed by atoms with van der Waals surface area (Å²) in [5.74, 6) is -0.613. The van der Waals surface area contributed by atoms with E-state index in [2.05, 4.69) is 9.80 Å². The first-order chi connectivity index (χ1) is 12.6. The average molecular weight is 359 g/mol. The van der Waals surface area contributed by atoms with Crippen LogP contribution in [-0.2, 0) is 11.3 Å². The van der Waals surface area contributed by atoms with Crippen molar-refractivity contribution >= 4 is 11.9 Å². The SMILES string of the molecule is O=C(O)c1cccc(CN2CCN(CC(=O)N3CCCCCC3)CC2)c1. The maximum Gasteiger partial charge on any atom is 0.335 e. The highest BCUT2D eigenvalue weighted by atomic mass is 16.4. The van der Waals surface area contributed by atoms with Gasteiger partial charge in [-0.2, -0.15) is 0 Å². The summed E-state index contributed by atoms with van der Waals surface area (Å²) >= 11 is 0. The molecule has 1 aromatic carbocycles. The first-order valence-electron chi connectivity index (χ1n) is 9.66. The lowest BCUT2D eigenvalue weighted by Gasteiger charge is -2.35. The van der Waals surface area contributed by atoms with E-state index in [4.69, 9.17) is 5.11 Å². The number of carbonyl (C=O) groups is 2. The lowest BCUT2D eigenvalue weighted by Crippen LogP contribution is -2.49. The van der Waals surface area contributed by atoms with Crippen LogP contribution < -0.4 is 0 Å². The fourth-order valence-corrected chi connectivity index (χ4v) is 3.78. The van der Waals surface area contributed by atoms with E-state index in [1.165, 1.54) is 12.8 Å². The van der Waals surface area contributed by atoms with Crippen molar-refractivity contribution in [2.75, 3.05) is 45.8 Å². The number of hydrogen-bond acceptors (Lipinski definition) is 4. The zero-order valence-corrected chi connectivity index (χ0v) is 15.4. The van der Waals surface area contributed by atoms with Gasteiger partial charge in [0, 0.05) is 45.8 Å². The molecule has 0 aliphatic carbocycles. The smallest absolute Gasteiger partial charge is 0.335 e. The van der Waals surface area contributed by atoms with E-state index in [1.807, 2.05) is 11.0 Å². The van der Waals surface area contributed by atoms with Gasteiger partial charge >= 0.3 is 5.97 Å². The Balaban J connectivity index is 1.44. The van der Waals surface area contributed by atoms with Gasteiger partial charge in [-0.1, -0.05) is 25.0 Å². The Morgan fingerprint density at radius 3 is 2.19 bits per heavy atom. The summed E-state index contributed by atoms with van der Waals surface area (Å²) < 4.78 is 0. The largest absolute Gasteiger partial charge is 0.478 e. The molecule has 0 saturated carbocycles. The molecule has 2 aliphatic rings. The Morgan fingerprint density at radius 2 is 1.54 bits per heavy atom. The van der Waals surface area contributed by atoms with E-state index < -0.39 is 5.97 Å². The molecule has 6 heteroatoms. The Kier molecular flexibility index (Phi) is 6.63. The molecule has 0 aromatic heterocycles. The van der Waals surface area contributed by atoms with Crippen molar-refractivity contribution in [2.24, 2.45) is 0 Å². The third-order valence-electron chi connectivity index (χ3n) is 5.36. The van der Waals surface area contributed by atoms with E-state index in [-0.39, 0.29) is 5.91 Å². The molecule has 0 radical (unpaired) electrons. The fourth-order valence-electron chi connectivity index (χ4n) is 3.78. The van der Waals surface area contributed by atoms with Gasteiger partial charge in [-0.3, -0.25) is 14.6 Å². The number of benzene rings is 1. The Hall–Kier alpha value is -1.92. The molecule has 6 nitrogen and oxygen atoms in total. The van der Waals surface area contributed by atoms with Gasteiger partial charge in [0.05, 0.1) is 12.1 Å². The standard InChI is InChI=1S/C20H29N3O3/c24-19(23-8-3-1-2-4-9-23)16-22-12-10-21(11-13-22)15-17-6-5-7-18(14-17)20(25)26/h5-7,14H,1-4,8-13,15-16H2,(H,25,26). The molecule has 1 N–H and O–H groups in total. The maximum atomic E-state index is 12.5.